The van der Waals surface area contributed by atoms with Gasteiger partial charge in [-0.05, 0) is 25.8 Å². The van der Waals surface area contributed by atoms with Crippen molar-refractivity contribution >= 4 is 12.2 Å². The fourth-order valence-corrected chi connectivity index (χ4v) is 3.46. The smallest absolute Gasteiger partial charge is 0.227 e. The second-order valence-corrected chi connectivity index (χ2v) is 6.83. The summed E-state index contributed by atoms with van der Waals surface area (Å²) in [4.78, 5) is 20.9. The summed E-state index contributed by atoms with van der Waals surface area (Å²) in [7, 11) is 0. The van der Waals surface area contributed by atoms with Crippen molar-refractivity contribution < 1.29 is 4.79 Å². The Morgan fingerprint density at radius 3 is 2.88 bits per heavy atom. The number of hydrogen-bond acceptors (Lipinski definition) is 5. The van der Waals surface area contributed by atoms with E-state index in [9.17, 15) is 4.79 Å². The Bertz CT molecular complexity index is 668. The number of carbonyl (C=O) groups is 1. The number of benzene rings is 1. The van der Waals surface area contributed by atoms with Crippen LogP contribution in [0.3, 0.4) is 0 Å². The molecular weight excluding hydrogens is 302 g/mol. The fraction of sp³-hybridized carbons (Fsp3) is 0.500. The van der Waals surface area contributed by atoms with Gasteiger partial charge in [-0.15, -0.1) is 0 Å². The van der Waals surface area contributed by atoms with Crippen LogP contribution >= 0.6 is 0 Å². The molecule has 0 radical (unpaired) electrons. The summed E-state index contributed by atoms with van der Waals surface area (Å²) in [6, 6.07) is 10.2. The van der Waals surface area contributed by atoms with Crippen molar-refractivity contribution in [3.63, 3.8) is 0 Å². The number of nitrogens with zero attached hydrogens (tertiary/aromatic N) is 4. The molecule has 0 spiro atoms. The van der Waals surface area contributed by atoms with Crippen LogP contribution in [0, 0.1) is 17.4 Å². The first kappa shape index (κ1) is 16.3. The number of nitrogens with one attached hydrogen (secondary N) is 1. The third kappa shape index (κ3) is 3.35. The minimum absolute atomic E-state index is 0.0125. The molecule has 2 aliphatic heterocycles. The van der Waals surface area contributed by atoms with Crippen molar-refractivity contribution in [3.05, 3.63) is 35.9 Å². The Kier molecular flexibility index (Phi) is 4.43. The predicted molar refractivity (Wildman–Crippen MR) is 91.8 cm³/mol. The molecule has 1 aromatic carbocycles. The maximum Gasteiger partial charge on any atom is 0.227 e. The molecule has 2 heterocycles. The third-order valence-corrected chi connectivity index (χ3v) is 4.86. The summed E-state index contributed by atoms with van der Waals surface area (Å²) in [5.41, 5.74) is 0.611. The number of rotatable bonds is 4. The Morgan fingerprint density at radius 1 is 1.46 bits per heavy atom. The van der Waals surface area contributed by atoms with Gasteiger partial charge >= 0.3 is 0 Å². The van der Waals surface area contributed by atoms with Gasteiger partial charge in [0.25, 0.3) is 0 Å². The van der Waals surface area contributed by atoms with Gasteiger partial charge in [-0.1, -0.05) is 30.3 Å². The molecule has 3 atom stereocenters. The predicted octanol–water partition coefficient (Wildman–Crippen LogP) is 1.55. The molecule has 1 aromatic rings. The van der Waals surface area contributed by atoms with Crippen LogP contribution in [-0.4, -0.2) is 46.8 Å². The van der Waals surface area contributed by atoms with Gasteiger partial charge in [0, 0.05) is 19.1 Å². The maximum atomic E-state index is 12.6. The van der Waals surface area contributed by atoms with Crippen LogP contribution in [0.4, 0.5) is 0 Å². The minimum atomic E-state index is -0.606. The van der Waals surface area contributed by atoms with E-state index in [2.05, 4.69) is 33.5 Å². The molecule has 1 N–H and O–H groups in total. The first-order valence-electron chi connectivity index (χ1n) is 8.32. The lowest BCUT2D eigenvalue weighted by atomic mass is 10.00. The monoisotopic (exact) mass is 325 g/mol. The van der Waals surface area contributed by atoms with Crippen molar-refractivity contribution in [2.24, 2.45) is 10.9 Å². The highest BCUT2D eigenvalue weighted by atomic mass is 16.2. The van der Waals surface area contributed by atoms with E-state index in [4.69, 9.17) is 5.26 Å². The van der Waals surface area contributed by atoms with Gasteiger partial charge in [0.15, 0.2) is 6.19 Å². The normalized spacial score (nSPS) is 28.9. The molecule has 1 fully saturated rings. The van der Waals surface area contributed by atoms with Crippen molar-refractivity contribution in [1.82, 2.24) is 15.1 Å². The molecule has 0 saturated carbocycles. The molecule has 0 aliphatic carbocycles. The Hall–Kier alpha value is -2.55. The summed E-state index contributed by atoms with van der Waals surface area (Å²) in [5.74, 6) is -0.165. The van der Waals surface area contributed by atoms with Crippen molar-refractivity contribution in [2.45, 2.75) is 38.5 Å². The Morgan fingerprint density at radius 2 is 2.21 bits per heavy atom. The highest BCUT2D eigenvalue weighted by molar-refractivity contribution is 5.81. The number of nitriles is 1. The zero-order chi connectivity index (χ0) is 17.2. The highest BCUT2D eigenvalue weighted by Gasteiger charge is 2.39. The molecule has 1 unspecified atom stereocenters. The van der Waals surface area contributed by atoms with E-state index in [0.717, 1.165) is 6.54 Å². The number of hydrogen-bond donors (Lipinski definition) is 1. The quantitative estimate of drug-likeness (QED) is 0.853. The standard InChI is InChI=1S/C18H23N5O/c1-14-16(8-9-23(14)12-19)17(24)21-18(2)11-22(13-20-18)10-15-6-4-3-5-7-15/h3-7,13-14,16H,8-11H2,1-2H3,(H,21,24)/t14-,16-,18?/m0/s1. The topological polar surface area (TPSA) is 71.7 Å². The summed E-state index contributed by atoms with van der Waals surface area (Å²) in [6.07, 6.45) is 4.68. The van der Waals surface area contributed by atoms with Crippen LogP contribution < -0.4 is 5.32 Å². The number of amides is 1. The molecule has 3 rings (SSSR count). The Balaban J connectivity index is 1.57. The zero-order valence-corrected chi connectivity index (χ0v) is 14.1. The fourth-order valence-electron chi connectivity index (χ4n) is 3.46. The molecule has 126 valence electrons. The van der Waals surface area contributed by atoms with E-state index in [1.807, 2.05) is 38.4 Å². The van der Waals surface area contributed by atoms with Gasteiger partial charge in [0.2, 0.25) is 5.91 Å². The van der Waals surface area contributed by atoms with E-state index in [0.29, 0.717) is 19.5 Å². The average Bonchev–Trinajstić information content (AvgIpc) is 3.11. The van der Waals surface area contributed by atoms with E-state index >= 15 is 0 Å². The number of aliphatic imine (C=N–C) groups is 1. The largest absolute Gasteiger partial charge is 0.354 e. The van der Waals surface area contributed by atoms with Crippen molar-refractivity contribution in [1.29, 1.82) is 5.26 Å². The zero-order valence-electron chi connectivity index (χ0n) is 14.1. The molecule has 0 bridgehead atoms. The van der Waals surface area contributed by atoms with E-state index in [1.54, 1.807) is 4.90 Å². The van der Waals surface area contributed by atoms with E-state index in [-0.39, 0.29) is 17.9 Å². The lowest BCUT2D eigenvalue weighted by molar-refractivity contribution is -0.127. The first-order chi connectivity index (χ1) is 11.5. The van der Waals surface area contributed by atoms with Crippen LogP contribution in [0.1, 0.15) is 25.8 Å². The first-order valence-corrected chi connectivity index (χ1v) is 8.32. The molecule has 24 heavy (non-hydrogen) atoms. The van der Waals surface area contributed by atoms with E-state index < -0.39 is 5.66 Å². The molecule has 1 saturated heterocycles. The number of carbonyl (C=O) groups excluding carboxylic acids is 1. The molecule has 6 nitrogen and oxygen atoms in total. The van der Waals surface area contributed by atoms with E-state index in [1.165, 1.54) is 5.56 Å². The third-order valence-electron chi connectivity index (χ3n) is 4.86. The summed E-state index contributed by atoms with van der Waals surface area (Å²) in [5, 5.41) is 12.1. The maximum absolute atomic E-state index is 12.6. The second kappa shape index (κ2) is 6.52. The molecule has 0 aromatic heterocycles. The molecule has 2 aliphatic rings. The van der Waals surface area contributed by atoms with Gasteiger partial charge in [-0.25, -0.2) is 4.99 Å². The van der Waals surface area contributed by atoms with Crippen LogP contribution in [0.2, 0.25) is 0 Å². The summed E-state index contributed by atoms with van der Waals surface area (Å²) in [6.45, 7) is 5.95. The lowest BCUT2D eigenvalue weighted by Gasteiger charge is -2.28. The van der Waals surface area contributed by atoms with Crippen LogP contribution in [0.15, 0.2) is 35.3 Å². The van der Waals surface area contributed by atoms with Gasteiger partial charge in [0.1, 0.15) is 5.66 Å². The summed E-state index contributed by atoms with van der Waals surface area (Å²) < 4.78 is 0. The van der Waals surface area contributed by atoms with Gasteiger partial charge in [-0.3, -0.25) is 4.79 Å². The second-order valence-electron chi connectivity index (χ2n) is 6.83. The van der Waals surface area contributed by atoms with Crippen LogP contribution in [0.5, 0.6) is 0 Å². The summed E-state index contributed by atoms with van der Waals surface area (Å²) >= 11 is 0. The lowest BCUT2D eigenvalue weighted by Crippen LogP contribution is -2.51. The SMILES string of the molecule is C[C@H]1[C@@H](C(=O)NC2(C)CN(Cc3ccccc3)C=N2)CCN1C#N. The number of likely N-dealkylation sites (tertiary alicyclic amines) is 1. The van der Waals surface area contributed by atoms with Gasteiger partial charge < -0.3 is 15.1 Å². The molecule has 1 amide bonds. The van der Waals surface area contributed by atoms with Gasteiger partial charge in [-0.2, -0.15) is 5.26 Å². The van der Waals surface area contributed by atoms with Crippen molar-refractivity contribution in [2.75, 3.05) is 13.1 Å². The average molecular weight is 325 g/mol. The Labute approximate surface area is 142 Å². The van der Waals surface area contributed by atoms with Crippen LogP contribution in [-0.2, 0) is 11.3 Å². The van der Waals surface area contributed by atoms with Crippen molar-refractivity contribution in [3.8, 4) is 6.19 Å². The van der Waals surface area contributed by atoms with Crippen LogP contribution in [0.25, 0.3) is 0 Å². The minimum Gasteiger partial charge on any atom is -0.354 e. The molecular formula is C18H23N5O. The van der Waals surface area contributed by atoms with Gasteiger partial charge in [0.05, 0.1) is 18.8 Å². The molecule has 6 heteroatoms. The highest BCUT2D eigenvalue weighted by Crippen LogP contribution is 2.25.